The van der Waals surface area contributed by atoms with E-state index in [4.69, 9.17) is 4.74 Å². The van der Waals surface area contributed by atoms with E-state index in [1.54, 1.807) is 26.0 Å². The summed E-state index contributed by atoms with van der Waals surface area (Å²) >= 11 is 0. The van der Waals surface area contributed by atoms with Gasteiger partial charge >= 0.3 is 5.69 Å². The number of hydrogen-bond donors (Lipinski definition) is 0. The second kappa shape index (κ2) is 5.25. The smallest absolute Gasteiger partial charge is 0.311 e. The minimum Gasteiger partial charge on any atom is -0.487 e. The number of nitro groups is 1. The van der Waals surface area contributed by atoms with Crippen LogP contribution in [0.2, 0.25) is 0 Å². The molecule has 0 N–H and O–H groups in total. The number of benzene rings is 1. The first-order chi connectivity index (χ1) is 7.61. The number of para-hydroxylation sites is 1. The monoisotopic (exact) mass is 223 g/mol. The summed E-state index contributed by atoms with van der Waals surface area (Å²) in [6.07, 6.45) is 0.738. The zero-order valence-corrected chi connectivity index (χ0v) is 9.17. The second-order valence-electron chi connectivity index (χ2n) is 3.31. The van der Waals surface area contributed by atoms with Crippen molar-refractivity contribution in [3.63, 3.8) is 0 Å². The zero-order valence-electron chi connectivity index (χ0n) is 9.17. The molecule has 0 amide bonds. The van der Waals surface area contributed by atoms with Crippen LogP contribution in [0, 0.1) is 10.1 Å². The van der Waals surface area contributed by atoms with Gasteiger partial charge in [-0.3, -0.25) is 10.1 Å². The molecule has 0 aliphatic carbocycles. The third kappa shape index (κ3) is 2.36. The van der Waals surface area contributed by atoms with Gasteiger partial charge in [0.15, 0.2) is 0 Å². The maximum Gasteiger partial charge on any atom is 0.311 e. The van der Waals surface area contributed by atoms with Gasteiger partial charge in [0, 0.05) is 17.5 Å². The maximum atomic E-state index is 10.8. The van der Waals surface area contributed by atoms with Gasteiger partial charge in [0.1, 0.15) is 6.29 Å². The first-order valence-electron chi connectivity index (χ1n) is 4.97. The summed E-state index contributed by atoms with van der Waals surface area (Å²) in [7, 11) is 0. The van der Waals surface area contributed by atoms with Crippen LogP contribution in [-0.4, -0.2) is 17.8 Å². The number of carbonyl (C=O) groups excluding carboxylic acids is 1. The SMILES string of the molecule is CCOc1c(C(C)C=O)cccc1[N+](=O)[O-]. The van der Waals surface area contributed by atoms with E-state index in [0.717, 1.165) is 6.29 Å². The molecule has 5 heteroatoms. The maximum absolute atomic E-state index is 10.8. The predicted octanol–water partition coefficient (Wildman–Crippen LogP) is 2.30. The van der Waals surface area contributed by atoms with E-state index in [-0.39, 0.29) is 11.4 Å². The molecule has 0 saturated carbocycles. The molecule has 1 unspecified atom stereocenters. The number of ether oxygens (including phenoxy) is 1. The predicted molar refractivity (Wildman–Crippen MR) is 58.7 cm³/mol. The molecule has 0 aromatic heterocycles. The molecule has 0 bridgehead atoms. The summed E-state index contributed by atoms with van der Waals surface area (Å²) in [6.45, 7) is 3.74. The highest BCUT2D eigenvalue weighted by Crippen LogP contribution is 2.34. The molecule has 0 radical (unpaired) electrons. The molecule has 0 heterocycles. The Morgan fingerprint density at radius 2 is 2.25 bits per heavy atom. The Morgan fingerprint density at radius 3 is 2.75 bits per heavy atom. The number of nitrogens with zero attached hydrogens (tertiary/aromatic N) is 1. The Bertz CT molecular complexity index is 403. The third-order valence-electron chi connectivity index (χ3n) is 2.20. The van der Waals surface area contributed by atoms with Crippen molar-refractivity contribution < 1.29 is 14.5 Å². The molecule has 1 atom stereocenters. The van der Waals surface area contributed by atoms with Crippen LogP contribution in [0.25, 0.3) is 0 Å². The van der Waals surface area contributed by atoms with Gasteiger partial charge in [-0.05, 0) is 6.92 Å². The van der Waals surface area contributed by atoms with Gasteiger partial charge in [0.2, 0.25) is 5.75 Å². The van der Waals surface area contributed by atoms with Gasteiger partial charge in [0.05, 0.1) is 11.5 Å². The van der Waals surface area contributed by atoms with Gasteiger partial charge in [-0.15, -0.1) is 0 Å². The molecule has 0 fully saturated rings. The van der Waals surface area contributed by atoms with E-state index in [1.807, 2.05) is 0 Å². The first-order valence-corrected chi connectivity index (χ1v) is 4.97. The molecule has 1 aromatic rings. The first kappa shape index (κ1) is 12.2. The Balaban J connectivity index is 3.31. The lowest BCUT2D eigenvalue weighted by atomic mass is 10.0. The van der Waals surface area contributed by atoms with Gasteiger partial charge in [0.25, 0.3) is 0 Å². The van der Waals surface area contributed by atoms with Crippen molar-refractivity contribution >= 4 is 12.0 Å². The Morgan fingerprint density at radius 1 is 1.56 bits per heavy atom. The van der Waals surface area contributed by atoms with Crippen molar-refractivity contribution in [3.05, 3.63) is 33.9 Å². The molecule has 0 spiro atoms. The fourth-order valence-corrected chi connectivity index (χ4v) is 1.42. The number of carbonyl (C=O) groups is 1. The molecule has 1 rings (SSSR count). The van der Waals surface area contributed by atoms with E-state index in [2.05, 4.69) is 0 Å². The third-order valence-corrected chi connectivity index (χ3v) is 2.20. The van der Waals surface area contributed by atoms with Crippen LogP contribution in [0.1, 0.15) is 25.3 Å². The van der Waals surface area contributed by atoms with Crippen LogP contribution >= 0.6 is 0 Å². The summed E-state index contributed by atoms with van der Waals surface area (Å²) in [5, 5.41) is 10.8. The summed E-state index contributed by atoms with van der Waals surface area (Å²) < 4.78 is 5.25. The summed E-state index contributed by atoms with van der Waals surface area (Å²) in [5.74, 6) is -0.226. The van der Waals surface area contributed by atoms with Crippen molar-refractivity contribution in [2.75, 3.05) is 6.61 Å². The van der Waals surface area contributed by atoms with E-state index in [9.17, 15) is 14.9 Å². The quantitative estimate of drug-likeness (QED) is 0.436. The second-order valence-corrected chi connectivity index (χ2v) is 3.31. The fourth-order valence-electron chi connectivity index (χ4n) is 1.42. The van der Waals surface area contributed by atoms with Crippen molar-refractivity contribution in [2.45, 2.75) is 19.8 Å². The van der Waals surface area contributed by atoms with Crippen LogP contribution in [0.5, 0.6) is 5.75 Å². The lowest BCUT2D eigenvalue weighted by Gasteiger charge is -2.11. The van der Waals surface area contributed by atoms with Crippen LogP contribution < -0.4 is 4.74 Å². The number of rotatable bonds is 5. The van der Waals surface area contributed by atoms with Crippen molar-refractivity contribution in [2.24, 2.45) is 0 Å². The fraction of sp³-hybridized carbons (Fsp3) is 0.364. The van der Waals surface area contributed by atoms with Crippen LogP contribution in [0.3, 0.4) is 0 Å². The van der Waals surface area contributed by atoms with Gasteiger partial charge in [-0.25, -0.2) is 0 Å². The van der Waals surface area contributed by atoms with Gasteiger partial charge in [-0.2, -0.15) is 0 Å². The molecular formula is C11H13NO4. The molecule has 86 valence electrons. The van der Waals surface area contributed by atoms with E-state index in [1.165, 1.54) is 6.07 Å². The van der Waals surface area contributed by atoms with Crippen LogP contribution in [0.4, 0.5) is 5.69 Å². The topological polar surface area (TPSA) is 69.4 Å². The number of nitro benzene ring substituents is 1. The summed E-state index contributed by atoms with van der Waals surface area (Å²) in [4.78, 5) is 21.0. The minimum atomic E-state index is -0.508. The zero-order chi connectivity index (χ0) is 12.1. The summed E-state index contributed by atoms with van der Waals surface area (Å²) in [6, 6.07) is 4.58. The van der Waals surface area contributed by atoms with Crippen LogP contribution in [-0.2, 0) is 4.79 Å². The van der Waals surface area contributed by atoms with E-state index >= 15 is 0 Å². The molecule has 16 heavy (non-hydrogen) atoms. The molecule has 0 saturated heterocycles. The van der Waals surface area contributed by atoms with E-state index < -0.39 is 10.8 Å². The lowest BCUT2D eigenvalue weighted by Crippen LogP contribution is -2.04. The van der Waals surface area contributed by atoms with Crippen LogP contribution in [0.15, 0.2) is 18.2 Å². The van der Waals surface area contributed by atoms with E-state index in [0.29, 0.717) is 12.2 Å². The summed E-state index contributed by atoms with van der Waals surface area (Å²) in [5.41, 5.74) is 0.444. The number of hydrogen-bond acceptors (Lipinski definition) is 4. The average Bonchev–Trinajstić information content (AvgIpc) is 2.28. The lowest BCUT2D eigenvalue weighted by molar-refractivity contribution is -0.385. The minimum absolute atomic E-state index is 0.104. The van der Waals surface area contributed by atoms with Crippen molar-refractivity contribution in [1.29, 1.82) is 0 Å². The molecule has 1 aromatic carbocycles. The average molecular weight is 223 g/mol. The Hall–Kier alpha value is -1.91. The Kier molecular flexibility index (Phi) is 3.99. The van der Waals surface area contributed by atoms with Gasteiger partial charge < -0.3 is 9.53 Å². The molecular weight excluding hydrogens is 210 g/mol. The highest BCUT2D eigenvalue weighted by atomic mass is 16.6. The highest BCUT2D eigenvalue weighted by molar-refractivity contribution is 5.66. The van der Waals surface area contributed by atoms with Gasteiger partial charge in [-0.1, -0.05) is 19.1 Å². The highest BCUT2D eigenvalue weighted by Gasteiger charge is 2.21. The molecule has 5 nitrogen and oxygen atoms in total. The normalized spacial score (nSPS) is 11.9. The molecule has 0 aliphatic heterocycles. The van der Waals surface area contributed by atoms with Crippen molar-refractivity contribution in [3.8, 4) is 5.75 Å². The molecule has 0 aliphatic rings. The van der Waals surface area contributed by atoms with Crippen molar-refractivity contribution in [1.82, 2.24) is 0 Å². The number of aldehydes is 1. The standard InChI is InChI=1S/C11H13NO4/c1-3-16-11-9(8(2)7-13)5-4-6-10(11)12(14)15/h4-8H,3H2,1-2H3. The largest absolute Gasteiger partial charge is 0.487 e. The Labute approximate surface area is 93.2 Å².